The zero-order valence-corrected chi connectivity index (χ0v) is 28.5. The molecule has 0 spiro atoms. The van der Waals surface area contributed by atoms with Gasteiger partial charge in [-0.05, 0) is 72.1 Å². The largest absolute Gasteiger partial charge is 0.313 e. The predicted octanol–water partition coefficient (Wildman–Crippen LogP) is 4.76. The molecule has 0 radical (unpaired) electrons. The minimum absolute atomic E-state index is 0.322. The fourth-order valence-corrected chi connectivity index (χ4v) is 7.26. The van der Waals surface area contributed by atoms with Crippen molar-refractivity contribution in [3.63, 3.8) is 0 Å². The average Bonchev–Trinajstić information content (AvgIpc) is 3.17. The van der Waals surface area contributed by atoms with E-state index in [9.17, 15) is 19.2 Å². The van der Waals surface area contributed by atoms with Crippen molar-refractivity contribution in [2.45, 2.75) is 25.9 Å². The Morgan fingerprint density at radius 1 is 0.519 bits per heavy atom. The first-order valence-corrected chi connectivity index (χ1v) is 17.1. The SMILES string of the molecule is CC(CNCCNC[C@H](C)N1C(=O)c2cccc3cc(-c4cncnc4)cc(c23)C1=O)N1C(=O)c2cccc3cc(-c4cncnc4)cc(c23)C1=O. The lowest BCUT2D eigenvalue weighted by molar-refractivity contribution is 0.0532. The van der Waals surface area contributed by atoms with Crippen molar-refractivity contribution in [2.75, 3.05) is 26.2 Å². The van der Waals surface area contributed by atoms with E-state index in [2.05, 4.69) is 30.6 Å². The van der Waals surface area contributed by atoms with Crippen molar-refractivity contribution in [3.8, 4) is 22.3 Å². The van der Waals surface area contributed by atoms with Crippen molar-refractivity contribution < 1.29 is 19.2 Å². The molecule has 0 saturated carbocycles. The number of amides is 4. The van der Waals surface area contributed by atoms with Gasteiger partial charge in [0.25, 0.3) is 23.6 Å². The number of hydrogen-bond donors (Lipinski definition) is 2. The van der Waals surface area contributed by atoms with Gasteiger partial charge in [0.1, 0.15) is 12.7 Å². The lowest BCUT2D eigenvalue weighted by Crippen LogP contribution is -2.51. The Morgan fingerprint density at radius 3 is 1.31 bits per heavy atom. The van der Waals surface area contributed by atoms with Crippen LogP contribution < -0.4 is 10.6 Å². The highest BCUT2D eigenvalue weighted by atomic mass is 16.2. The van der Waals surface area contributed by atoms with Gasteiger partial charge in [-0.2, -0.15) is 0 Å². The van der Waals surface area contributed by atoms with Crippen LogP contribution >= 0.6 is 0 Å². The Morgan fingerprint density at radius 2 is 0.904 bits per heavy atom. The summed E-state index contributed by atoms with van der Waals surface area (Å²) in [5, 5.41) is 9.62. The zero-order chi connectivity index (χ0) is 35.9. The van der Waals surface area contributed by atoms with Crippen LogP contribution in [-0.4, -0.2) is 91.6 Å². The molecule has 8 rings (SSSR count). The molecule has 0 fully saturated rings. The van der Waals surface area contributed by atoms with E-state index in [1.54, 1.807) is 36.9 Å². The Bertz CT molecular complexity index is 2230. The van der Waals surface area contributed by atoms with Gasteiger partial charge in [0.2, 0.25) is 0 Å². The van der Waals surface area contributed by atoms with Gasteiger partial charge in [-0.25, -0.2) is 19.9 Å². The van der Waals surface area contributed by atoms with Crippen LogP contribution in [0.15, 0.2) is 98.1 Å². The molecular weight excluding hydrogens is 656 g/mol. The van der Waals surface area contributed by atoms with Crippen molar-refractivity contribution >= 4 is 45.2 Å². The standard InChI is InChI=1S/C40H34N8O4/c1-23(47-37(49)31-7-3-5-25-11-27(29-17-43-21-44-18-29)13-33(35(25)31)39(47)51)15-41-9-10-42-16-24(2)48-38(50)32-8-4-6-26-12-28(30-19-45-22-46-20-30)14-34(36(26)32)40(48)52/h3-8,11-14,17-24,41-42H,9-10,15-16H2,1-2H3/t23-,24?/m0/s1. The Labute approximate surface area is 298 Å². The van der Waals surface area contributed by atoms with E-state index in [1.165, 1.54) is 22.5 Å². The molecule has 2 N–H and O–H groups in total. The van der Waals surface area contributed by atoms with Crippen LogP contribution in [0.5, 0.6) is 0 Å². The van der Waals surface area contributed by atoms with Crippen LogP contribution in [0, 0.1) is 0 Å². The molecule has 0 aliphatic carbocycles. The molecule has 2 aliphatic heterocycles. The van der Waals surface area contributed by atoms with E-state index < -0.39 is 12.1 Å². The van der Waals surface area contributed by atoms with Gasteiger partial charge < -0.3 is 10.6 Å². The minimum atomic E-state index is -0.426. The van der Waals surface area contributed by atoms with E-state index in [4.69, 9.17) is 0 Å². The summed E-state index contributed by atoms with van der Waals surface area (Å²) in [7, 11) is 0. The molecule has 0 bridgehead atoms. The van der Waals surface area contributed by atoms with Crippen molar-refractivity contribution in [1.29, 1.82) is 0 Å². The lowest BCUT2D eigenvalue weighted by Gasteiger charge is -2.33. The van der Waals surface area contributed by atoms with Gasteiger partial charge >= 0.3 is 0 Å². The summed E-state index contributed by atoms with van der Waals surface area (Å²) in [4.78, 5) is 74.1. The number of rotatable bonds is 11. The molecule has 1 unspecified atom stereocenters. The fourth-order valence-electron chi connectivity index (χ4n) is 7.26. The number of aromatic nitrogens is 4. The quantitative estimate of drug-likeness (QED) is 0.144. The Hall–Kier alpha value is -6.24. The molecule has 52 heavy (non-hydrogen) atoms. The van der Waals surface area contributed by atoms with Gasteiger partial charge in [0.05, 0.1) is 0 Å². The maximum Gasteiger partial charge on any atom is 0.261 e. The number of nitrogens with zero attached hydrogens (tertiary/aromatic N) is 6. The summed E-state index contributed by atoms with van der Waals surface area (Å²) in [6.07, 6.45) is 9.70. The number of imide groups is 2. The maximum absolute atomic E-state index is 13.8. The second kappa shape index (κ2) is 13.5. The third-order valence-electron chi connectivity index (χ3n) is 9.78. The number of carbonyl (C=O) groups excluding carboxylic acids is 4. The second-order valence-corrected chi connectivity index (χ2v) is 13.2. The van der Waals surface area contributed by atoms with Gasteiger partial charge in [-0.3, -0.25) is 29.0 Å². The minimum Gasteiger partial charge on any atom is -0.313 e. The summed E-state index contributed by atoms with van der Waals surface area (Å²) in [6, 6.07) is 17.7. The van der Waals surface area contributed by atoms with Gasteiger partial charge in [-0.15, -0.1) is 0 Å². The monoisotopic (exact) mass is 690 g/mol. The predicted molar refractivity (Wildman–Crippen MR) is 196 cm³/mol. The summed E-state index contributed by atoms with van der Waals surface area (Å²) in [5.74, 6) is -1.33. The number of carbonyl (C=O) groups is 4. The van der Waals surface area contributed by atoms with Crippen LogP contribution in [0.25, 0.3) is 43.8 Å². The van der Waals surface area contributed by atoms with Crippen LogP contribution in [0.3, 0.4) is 0 Å². The van der Waals surface area contributed by atoms with E-state index in [0.717, 1.165) is 33.0 Å². The molecule has 258 valence electrons. The lowest BCUT2D eigenvalue weighted by atomic mass is 9.90. The highest BCUT2D eigenvalue weighted by Crippen LogP contribution is 2.36. The second-order valence-electron chi connectivity index (χ2n) is 13.2. The summed E-state index contributed by atoms with van der Waals surface area (Å²) < 4.78 is 0. The summed E-state index contributed by atoms with van der Waals surface area (Å²) in [5.41, 5.74) is 5.10. The van der Waals surface area contributed by atoms with Crippen molar-refractivity contribution in [3.05, 3.63) is 120 Å². The third-order valence-corrected chi connectivity index (χ3v) is 9.78. The average molecular weight is 691 g/mol. The maximum atomic E-state index is 13.8. The number of nitrogens with one attached hydrogen (secondary N) is 2. The molecule has 12 nitrogen and oxygen atoms in total. The van der Waals surface area contributed by atoms with Crippen molar-refractivity contribution in [1.82, 2.24) is 40.4 Å². The normalized spacial score (nSPS) is 15.1. The molecule has 4 heterocycles. The van der Waals surface area contributed by atoms with Crippen LogP contribution in [-0.2, 0) is 0 Å². The van der Waals surface area contributed by atoms with Crippen LogP contribution in [0.2, 0.25) is 0 Å². The van der Waals surface area contributed by atoms with E-state index >= 15 is 0 Å². The summed E-state index contributed by atoms with van der Waals surface area (Å²) in [6.45, 7) is 5.52. The van der Waals surface area contributed by atoms with Crippen LogP contribution in [0.4, 0.5) is 0 Å². The zero-order valence-electron chi connectivity index (χ0n) is 28.5. The first-order valence-electron chi connectivity index (χ1n) is 17.1. The first kappa shape index (κ1) is 32.9. The van der Waals surface area contributed by atoms with Gasteiger partial charge in [0.15, 0.2) is 0 Å². The highest BCUT2D eigenvalue weighted by Gasteiger charge is 2.37. The molecule has 2 aromatic heterocycles. The van der Waals surface area contributed by atoms with E-state index in [-0.39, 0.29) is 23.6 Å². The molecule has 2 atom stereocenters. The molecule has 6 aromatic rings. The smallest absolute Gasteiger partial charge is 0.261 e. The van der Waals surface area contributed by atoms with Gasteiger partial charge in [-0.1, -0.05) is 24.3 Å². The van der Waals surface area contributed by atoms with Gasteiger partial charge in [0, 0.05) is 107 Å². The molecule has 12 heteroatoms. The Balaban J connectivity index is 0.898. The first-order chi connectivity index (χ1) is 25.3. The third kappa shape index (κ3) is 5.67. The fraction of sp³-hybridized carbons (Fsp3) is 0.200. The van der Waals surface area contributed by atoms with E-state index in [1.807, 2.05) is 62.4 Å². The van der Waals surface area contributed by atoms with Crippen molar-refractivity contribution in [2.24, 2.45) is 0 Å². The molecular formula is C40H34N8O4. The molecule has 4 aromatic carbocycles. The number of hydrogen-bond acceptors (Lipinski definition) is 10. The highest BCUT2D eigenvalue weighted by molar-refractivity contribution is 6.27. The topological polar surface area (TPSA) is 150 Å². The van der Waals surface area contributed by atoms with Crippen LogP contribution in [0.1, 0.15) is 55.3 Å². The molecule has 4 amide bonds. The molecule has 2 aliphatic rings. The Kier molecular flexibility index (Phi) is 8.53. The van der Waals surface area contributed by atoms with E-state index in [0.29, 0.717) is 59.2 Å². The summed E-state index contributed by atoms with van der Waals surface area (Å²) >= 11 is 0. The number of benzene rings is 4. The molecule has 0 saturated heterocycles.